The van der Waals surface area contributed by atoms with Crippen molar-refractivity contribution in [1.29, 1.82) is 0 Å². The average molecular weight is 417 g/mol. The van der Waals surface area contributed by atoms with Crippen LogP contribution in [0.3, 0.4) is 0 Å². The highest BCUT2D eigenvalue weighted by Gasteiger charge is 2.38. The number of aryl methyl sites for hydroxylation is 1. The van der Waals surface area contributed by atoms with Gasteiger partial charge in [0.15, 0.2) is 0 Å². The minimum absolute atomic E-state index is 0.174. The fourth-order valence-corrected chi connectivity index (χ4v) is 5.00. The summed E-state index contributed by atoms with van der Waals surface area (Å²) in [4.78, 5) is 0. The molecule has 0 N–H and O–H groups in total. The van der Waals surface area contributed by atoms with Crippen LogP contribution in [0, 0.1) is 11.8 Å². The highest BCUT2D eigenvalue weighted by atomic mass is 16.5. The van der Waals surface area contributed by atoms with Crippen molar-refractivity contribution in [2.45, 2.75) is 78.9 Å². The van der Waals surface area contributed by atoms with Gasteiger partial charge < -0.3 is 4.74 Å². The van der Waals surface area contributed by atoms with Crippen molar-refractivity contribution < 1.29 is 4.74 Å². The lowest BCUT2D eigenvalue weighted by atomic mass is 9.87. The van der Waals surface area contributed by atoms with Crippen molar-refractivity contribution in [1.82, 2.24) is 0 Å². The third kappa shape index (κ3) is 6.43. The maximum atomic E-state index is 6.68. The molecule has 0 heterocycles. The summed E-state index contributed by atoms with van der Waals surface area (Å²) in [5.74, 6) is 1.05. The van der Waals surface area contributed by atoms with Crippen molar-refractivity contribution >= 4 is 0 Å². The van der Waals surface area contributed by atoms with Crippen molar-refractivity contribution in [3.63, 3.8) is 0 Å². The van der Waals surface area contributed by atoms with Crippen LogP contribution in [0.5, 0.6) is 0 Å². The Kier molecular flexibility index (Phi) is 9.15. The quantitative estimate of drug-likeness (QED) is 0.335. The summed E-state index contributed by atoms with van der Waals surface area (Å²) in [6, 6.07) is 21.4. The third-order valence-corrected chi connectivity index (χ3v) is 6.62. The van der Waals surface area contributed by atoms with Gasteiger partial charge in [0.05, 0.1) is 12.7 Å². The van der Waals surface area contributed by atoms with Gasteiger partial charge in [-0.3, -0.25) is 0 Å². The summed E-state index contributed by atoms with van der Waals surface area (Å²) < 4.78 is 6.68. The molecular formula is C30H40O. The average Bonchev–Trinajstić information content (AvgIpc) is 3.05. The number of hydrogen-bond acceptors (Lipinski definition) is 1. The number of hydrogen-bond donors (Lipinski definition) is 0. The van der Waals surface area contributed by atoms with Crippen LogP contribution >= 0.6 is 0 Å². The Morgan fingerprint density at radius 1 is 0.871 bits per heavy atom. The number of benzene rings is 2. The largest absolute Gasteiger partial charge is 0.368 e. The fraction of sp³-hybridized carbons (Fsp3) is 0.467. The maximum Gasteiger partial charge on any atom is 0.0896 e. The molecule has 1 aliphatic carbocycles. The van der Waals surface area contributed by atoms with E-state index in [4.69, 9.17) is 4.74 Å². The first-order chi connectivity index (χ1) is 15.1. The van der Waals surface area contributed by atoms with E-state index in [1.54, 1.807) is 11.1 Å². The summed E-state index contributed by atoms with van der Waals surface area (Å²) in [7, 11) is 0. The van der Waals surface area contributed by atoms with E-state index in [1.807, 2.05) is 0 Å². The van der Waals surface area contributed by atoms with Crippen LogP contribution in [-0.2, 0) is 17.8 Å². The molecule has 1 heteroatoms. The maximum absolute atomic E-state index is 6.68. The first kappa shape index (κ1) is 23.5. The van der Waals surface area contributed by atoms with Crippen molar-refractivity contribution in [3.05, 3.63) is 94.6 Å². The van der Waals surface area contributed by atoms with E-state index in [2.05, 4.69) is 94.4 Å². The predicted molar refractivity (Wildman–Crippen MR) is 133 cm³/mol. The highest BCUT2D eigenvalue weighted by Crippen LogP contribution is 2.44. The Bertz CT molecular complexity index is 844. The zero-order chi connectivity index (χ0) is 22.1. The third-order valence-electron chi connectivity index (χ3n) is 6.62. The molecule has 1 nitrogen and oxygen atoms in total. The van der Waals surface area contributed by atoms with Crippen LogP contribution in [0.4, 0.5) is 0 Å². The fourth-order valence-electron chi connectivity index (χ4n) is 5.00. The van der Waals surface area contributed by atoms with Crippen molar-refractivity contribution in [2.75, 3.05) is 0 Å². The van der Waals surface area contributed by atoms with Gasteiger partial charge in [0.1, 0.15) is 0 Å². The summed E-state index contributed by atoms with van der Waals surface area (Å²) in [5.41, 5.74) is 7.28. The molecule has 0 bridgehead atoms. The van der Waals surface area contributed by atoms with Crippen molar-refractivity contribution in [2.24, 2.45) is 11.8 Å². The van der Waals surface area contributed by atoms with Gasteiger partial charge >= 0.3 is 0 Å². The van der Waals surface area contributed by atoms with Gasteiger partial charge in [-0.25, -0.2) is 0 Å². The van der Waals surface area contributed by atoms with Gasteiger partial charge in [0.25, 0.3) is 0 Å². The second-order valence-electron chi connectivity index (χ2n) is 9.29. The Labute approximate surface area is 190 Å². The molecule has 0 amide bonds. The zero-order valence-corrected chi connectivity index (χ0v) is 19.9. The highest BCUT2D eigenvalue weighted by molar-refractivity contribution is 5.46. The number of unbranched alkanes of at least 4 members (excludes halogenated alkanes) is 2. The monoisotopic (exact) mass is 416 g/mol. The number of rotatable bonds is 11. The molecule has 0 radical (unpaired) electrons. The molecule has 166 valence electrons. The predicted octanol–water partition coefficient (Wildman–Crippen LogP) is 8.31. The van der Waals surface area contributed by atoms with Crippen LogP contribution in [0.15, 0.2) is 83.5 Å². The van der Waals surface area contributed by atoms with Gasteiger partial charge in [-0.2, -0.15) is 0 Å². The van der Waals surface area contributed by atoms with E-state index >= 15 is 0 Å². The Morgan fingerprint density at radius 3 is 2.13 bits per heavy atom. The van der Waals surface area contributed by atoms with E-state index in [9.17, 15) is 0 Å². The van der Waals surface area contributed by atoms with Crippen LogP contribution in [0.2, 0.25) is 0 Å². The smallest absolute Gasteiger partial charge is 0.0896 e. The molecule has 0 unspecified atom stereocenters. The van der Waals surface area contributed by atoms with Crippen molar-refractivity contribution in [3.8, 4) is 0 Å². The van der Waals surface area contributed by atoms with Gasteiger partial charge in [0, 0.05) is 5.92 Å². The lowest BCUT2D eigenvalue weighted by Gasteiger charge is -2.26. The number of ether oxygens (including phenoxy) is 1. The molecular weight excluding hydrogens is 376 g/mol. The Hall–Kier alpha value is -2.12. The molecule has 0 fully saturated rings. The molecule has 0 spiro atoms. The minimum Gasteiger partial charge on any atom is -0.368 e. The first-order valence-corrected chi connectivity index (χ1v) is 12.2. The number of allylic oxidation sites excluding steroid dienone is 1. The Morgan fingerprint density at radius 2 is 1.52 bits per heavy atom. The second-order valence-corrected chi connectivity index (χ2v) is 9.29. The van der Waals surface area contributed by atoms with Gasteiger partial charge in [-0.15, -0.1) is 0 Å². The van der Waals surface area contributed by atoms with Crippen LogP contribution in [0.25, 0.3) is 0 Å². The molecule has 1 aliphatic rings. The van der Waals surface area contributed by atoms with Gasteiger partial charge in [-0.05, 0) is 60.8 Å². The summed E-state index contributed by atoms with van der Waals surface area (Å²) in [5, 5.41) is 0. The summed E-state index contributed by atoms with van der Waals surface area (Å²) in [6.45, 7) is 10.0. The lowest BCUT2D eigenvalue weighted by molar-refractivity contribution is 0.0298. The summed E-state index contributed by atoms with van der Waals surface area (Å²) in [6.07, 6.45) is 9.85. The van der Waals surface area contributed by atoms with E-state index in [1.165, 1.54) is 42.4 Å². The van der Waals surface area contributed by atoms with Gasteiger partial charge in [0.2, 0.25) is 0 Å². The lowest BCUT2D eigenvalue weighted by Crippen LogP contribution is -2.26. The van der Waals surface area contributed by atoms with E-state index in [-0.39, 0.29) is 6.10 Å². The normalized spacial score (nSPS) is 20.2. The molecule has 31 heavy (non-hydrogen) atoms. The Balaban J connectivity index is 1.82. The molecule has 2 atom stereocenters. The molecule has 3 rings (SSSR count). The van der Waals surface area contributed by atoms with Crippen LogP contribution in [-0.4, -0.2) is 6.10 Å². The van der Waals surface area contributed by atoms with Crippen LogP contribution in [0.1, 0.15) is 70.9 Å². The molecule has 2 aromatic rings. The minimum atomic E-state index is 0.174. The van der Waals surface area contributed by atoms with E-state index < -0.39 is 0 Å². The SMILES string of the molecule is CCCCCC1=C(C)[C@@H](C(C)C)[C@H](OCc2ccccc2)/C1=C\CCc1ccccc1. The molecule has 0 saturated carbocycles. The summed E-state index contributed by atoms with van der Waals surface area (Å²) >= 11 is 0. The second kappa shape index (κ2) is 12.1. The zero-order valence-electron chi connectivity index (χ0n) is 19.9. The molecule has 0 saturated heterocycles. The molecule has 0 aromatic heterocycles. The van der Waals surface area contributed by atoms with Gasteiger partial charge in [-0.1, -0.05) is 106 Å². The standard InChI is InChI=1S/C30H40O/c1-5-6-9-20-27-24(4)29(23(2)3)30(31-22-26-17-12-8-13-18-26)28(27)21-14-19-25-15-10-7-11-16-25/h7-8,10-13,15-18,21,23,29-30H,5-6,9,14,19-20,22H2,1-4H3/b28-21-/t29-,30-/m1/s1. The topological polar surface area (TPSA) is 9.23 Å². The molecule has 2 aromatic carbocycles. The van der Waals surface area contributed by atoms with E-state index in [0.717, 1.165) is 12.8 Å². The molecule has 0 aliphatic heterocycles. The van der Waals surface area contributed by atoms with Crippen LogP contribution < -0.4 is 0 Å². The first-order valence-electron chi connectivity index (χ1n) is 12.2. The van der Waals surface area contributed by atoms with E-state index in [0.29, 0.717) is 18.4 Å².